The molecule has 1 N–H and O–H groups in total. The zero-order valence-electron chi connectivity index (χ0n) is 14.9. The standard InChI is InChI=1S/C20H25FO4/c1-18-10-16(23)20(21)13(14(18)9-15(25-3)17(18)24)5-4-11-8-12(22)6-7-19(11,20)2/h6-8,13-16,23H,4-5,9-10H2,1-3H3/t13-,14-,15+,16+,18-,19-,20?/m0/s1. The number of aliphatic hydroxyl groups is 1. The second kappa shape index (κ2) is 5.10. The molecule has 0 aromatic rings. The van der Waals surface area contributed by atoms with Crippen LogP contribution < -0.4 is 0 Å². The zero-order chi connectivity index (χ0) is 18.2. The summed E-state index contributed by atoms with van der Waals surface area (Å²) in [6, 6.07) is 0. The average molecular weight is 348 g/mol. The van der Waals surface area contributed by atoms with Crippen molar-refractivity contribution in [3.05, 3.63) is 23.8 Å². The Labute approximate surface area is 147 Å². The predicted molar refractivity (Wildman–Crippen MR) is 89.5 cm³/mol. The molecule has 0 heterocycles. The number of hydrogen-bond donors (Lipinski definition) is 1. The van der Waals surface area contributed by atoms with Crippen molar-refractivity contribution in [3.63, 3.8) is 0 Å². The Bertz CT molecular complexity index is 712. The van der Waals surface area contributed by atoms with Gasteiger partial charge in [0.1, 0.15) is 6.10 Å². The van der Waals surface area contributed by atoms with E-state index in [9.17, 15) is 14.7 Å². The summed E-state index contributed by atoms with van der Waals surface area (Å²) in [6.45, 7) is 3.64. The summed E-state index contributed by atoms with van der Waals surface area (Å²) in [5, 5.41) is 10.9. The van der Waals surface area contributed by atoms with Gasteiger partial charge in [-0.05, 0) is 50.7 Å². The van der Waals surface area contributed by atoms with Crippen LogP contribution in [-0.4, -0.2) is 41.7 Å². The van der Waals surface area contributed by atoms with E-state index in [-0.39, 0.29) is 23.9 Å². The first kappa shape index (κ1) is 17.1. The van der Waals surface area contributed by atoms with Gasteiger partial charge in [-0.1, -0.05) is 18.6 Å². The molecule has 7 atom stereocenters. The maximum atomic E-state index is 16.6. The first-order chi connectivity index (χ1) is 11.7. The molecule has 136 valence electrons. The van der Waals surface area contributed by atoms with E-state index in [0.29, 0.717) is 19.3 Å². The van der Waals surface area contributed by atoms with Gasteiger partial charge in [0.25, 0.3) is 0 Å². The summed E-state index contributed by atoms with van der Waals surface area (Å²) in [4.78, 5) is 24.5. The fraction of sp³-hybridized carbons (Fsp3) is 0.700. The Balaban J connectivity index is 1.82. The van der Waals surface area contributed by atoms with Gasteiger partial charge in [0.15, 0.2) is 17.2 Å². The number of carbonyl (C=O) groups is 2. The minimum atomic E-state index is -1.87. The number of halogens is 1. The minimum absolute atomic E-state index is 0.0121. The Kier molecular flexibility index (Phi) is 3.49. The maximum absolute atomic E-state index is 16.6. The van der Waals surface area contributed by atoms with E-state index in [0.717, 1.165) is 5.57 Å². The van der Waals surface area contributed by atoms with Gasteiger partial charge >= 0.3 is 0 Å². The molecule has 0 bridgehead atoms. The molecule has 0 amide bonds. The highest BCUT2D eigenvalue weighted by molar-refractivity contribution is 6.01. The number of Topliss-reactive ketones (excluding diaryl/α,β-unsaturated/α-hetero) is 1. The first-order valence-corrected chi connectivity index (χ1v) is 9.07. The van der Waals surface area contributed by atoms with Crippen LogP contribution in [0.25, 0.3) is 0 Å². The summed E-state index contributed by atoms with van der Waals surface area (Å²) in [5.41, 5.74) is -2.86. The number of rotatable bonds is 1. The number of methoxy groups -OCH3 is 1. The quantitative estimate of drug-likeness (QED) is 0.791. The number of fused-ring (bicyclic) bond motifs is 5. The van der Waals surface area contributed by atoms with Crippen molar-refractivity contribution in [1.29, 1.82) is 0 Å². The third-order valence-corrected chi connectivity index (χ3v) is 7.64. The number of hydrogen-bond acceptors (Lipinski definition) is 4. The lowest BCUT2D eigenvalue weighted by Crippen LogP contribution is -2.66. The fourth-order valence-corrected chi connectivity index (χ4v) is 6.19. The van der Waals surface area contributed by atoms with Crippen molar-refractivity contribution in [1.82, 2.24) is 0 Å². The SMILES string of the molecule is CO[C@@H]1C[C@H]2[C@@H]3CCC4=CC(=O)C=C[C@]4(C)C3(F)[C@H](O)C[C@]2(C)C1=O. The second-order valence-electron chi connectivity index (χ2n) is 8.59. The molecule has 0 saturated heterocycles. The molecule has 0 aliphatic heterocycles. The van der Waals surface area contributed by atoms with Crippen molar-refractivity contribution in [3.8, 4) is 0 Å². The largest absolute Gasteiger partial charge is 0.390 e. The van der Waals surface area contributed by atoms with E-state index >= 15 is 4.39 Å². The van der Waals surface area contributed by atoms with Gasteiger partial charge in [0.05, 0.1) is 6.10 Å². The van der Waals surface area contributed by atoms with Crippen LogP contribution in [0.15, 0.2) is 23.8 Å². The molecule has 0 spiro atoms. The third-order valence-electron chi connectivity index (χ3n) is 7.64. The van der Waals surface area contributed by atoms with Crippen molar-refractivity contribution >= 4 is 11.6 Å². The predicted octanol–water partition coefficient (Wildman–Crippen LogP) is 2.55. The van der Waals surface area contributed by atoms with E-state index in [1.165, 1.54) is 19.3 Å². The smallest absolute Gasteiger partial charge is 0.178 e. The fourth-order valence-electron chi connectivity index (χ4n) is 6.19. The van der Waals surface area contributed by atoms with Crippen molar-refractivity contribution in [2.45, 2.75) is 57.4 Å². The lowest BCUT2D eigenvalue weighted by molar-refractivity contribution is -0.190. The number of carbonyl (C=O) groups excluding carboxylic acids is 2. The van der Waals surface area contributed by atoms with Gasteiger partial charge in [-0.15, -0.1) is 0 Å². The Morgan fingerprint density at radius 3 is 2.68 bits per heavy atom. The van der Waals surface area contributed by atoms with Crippen LogP contribution >= 0.6 is 0 Å². The van der Waals surface area contributed by atoms with Crippen molar-refractivity contribution in [2.75, 3.05) is 7.11 Å². The lowest BCUT2D eigenvalue weighted by atomic mass is 9.46. The summed E-state index contributed by atoms with van der Waals surface area (Å²) >= 11 is 0. The molecule has 3 fully saturated rings. The van der Waals surface area contributed by atoms with Crippen molar-refractivity contribution in [2.24, 2.45) is 22.7 Å². The van der Waals surface area contributed by atoms with Gasteiger partial charge in [0, 0.05) is 23.9 Å². The molecule has 0 aromatic carbocycles. The topological polar surface area (TPSA) is 63.6 Å². The molecule has 4 aliphatic carbocycles. The number of aliphatic hydroxyl groups excluding tert-OH is 1. The highest BCUT2D eigenvalue weighted by Gasteiger charge is 2.71. The van der Waals surface area contributed by atoms with Crippen LogP contribution in [-0.2, 0) is 14.3 Å². The van der Waals surface area contributed by atoms with Crippen LogP contribution in [0.4, 0.5) is 4.39 Å². The van der Waals surface area contributed by atoms with Gasteiger partial charge in [-0.3, -0.25) is 9.59 Å². The molecule has 0 aromatic heterocycles. The van der Waals surface area contributed by atoms with E-state index in [2.05, 4.69) is 0 Å². The van der Waals surface area contributed by atoms with E-state index < -0.39 is 34.6 Å². The normalized spacial score (nSPS) is 51.6. The number of allylic oxidation sites excluding steroid dienone is 4. The van der Waals surface area contributed by atoms with Crippen LogP contribution in [0.5, 0.6) is 0 Å². The Morgan fingerprint density at radius 1 is 1.28 bits per heavy atom. The number of alkyl halides is 1. The molecular formula is C20H25FO4. The molecular weight excluding hydrogens is 323 g/mol. The van der Waals surface area contributed by atoms with Crippen LogP contribution in [0.3, 0.4) is 0 Å². The van der Waals surface area contributed by atoms with Crippen molar-refractivity contribution < 1.29 is 23.8 Å². The van der Waals surface area contributed by atoms with Crippen LogP contribution in [0.2, 0.25) is 0 Å². The third kappa shape index (κ3) is 1.89. The molecule has 4 rings (SSSR count). The molecule has 4 aliphatic rings. The first-order valence-electron chi connectivity index (χ1n) is 9.07. The van der Waals surface area contributed by atoms with Gasteiger partial charge < -0.3 is 9.84 Å². The summed E-state index contributed by atoms with van der Waals surface area (Å²) < 4.78 is 22.0. The Hall–Kier alpha value is -1.33. The summed E-state index contributed by atoms with van der Waals surface area (Å²) in [6.07, 6.45) is 4.58. The van der Waals surface area contributed by atoms with Crippen LogP contribution in [0.1, 0.15) is 39.5 Å². The monoisotopic (exact) mass is 348 g/mol. The average Bonchev–Trinajstić information content (AvgIpc) is 2.81. The van der Waals surface area contributed by atoms with Gasteiger partial charge in [-0.25, -0.2) is 4.39 Å². The minimum Gasteiger partial charge on any atom is -0.390 e. The van der Waals surface area contributed by atoms with Gasteiger partial charge in [0.2, 0.25) is 0 Å². The van der Waals surface area contributed by atoms with E-state index in [1.54, 1.807) is 13.0 Å². The molecule has 5 heteroatoms. The molecule has 3 saturated carbocycles. The number of ketones is 2. The summed E-state index contributed by atoms with van der Waals surface area (Å²) in [5.74, 6) is -0.713. The molecule has 1 unspecified atom stereocenters. The summed E-state index contributed by atoms with van der Waals surface area (Å²) in [7, 11) is 1.51. The zero-order valence-corrected chi connectivity index (χ0v) is 14.9. The van der Waals surface area contributed by atoms with E-state index in [4.69, 9.17) is 4.74 Å². The highest BCUT2D eigenvalue weighted by atomic mass is 19.1. The number of ether oxygens (including phenoxy) is 1. The van der Waals surface area contributed by atoms with Crippen LogP contribution in [0, 0.1) is 22.7 Å². The molecule has 25 heavy (non-hydrogen) atoms. The van der Waals surface area contributed by atoms with E-state index in [1.807, 2.05) is 6.92 Å². The molecule has 4 nitrogen and oxygen atoms in total. The van der Waals surface area contributed by atoms with Gasteiger partial charge in [-0.2, -0.15) is 0 Å². The lowest BCUT2D eigenvalue weighted by Gasteiger charge is -2.60. The highest BCUT2D eigenvalue weighted by Crippen LogP contribution is 2.67. The maximum Gasteiger partial charge on any atom is 0.178 e. The molecule has 0 radical (unpaired) electrons. The Morgan fingerprint density at radius 2 is 2.00 bits per heavy atom. The second-order valence-corrected chi connectivity index (χ2v) is 8.59.